The predicted octanol–water partition coefficient (Wildman–Crippen LogP) is 2.05. The minimum Gasteiger partial charge on any atom is -0.463 e. The Bertz CT molecular complexity index is 978. The lowest BCUT2D eigenvalue weighted by Gasteiger charge is -2.08. The molecule has 0 aliphatic carbocycles. The van der Waals surface area contributed by atoms with Gasteiger partial charge in [0.2, 0.25) is 5.91 Å². The maximum absolute atomic E-state index is 12.1. The number of hydrogen-bond acceptors (Lipinski definition) is 6. The van der Waals surface area contributed by atoms with Gasteiger partial charge >= 0.3 is 0 Å². The van der Waals surface area contributed by atoms with Crippen LogP contribution in [-0.2, 0) is 11.3 Å². The number of furan rings is 1. The van der Waals surface area contributed by atoms with E-state index in [0.717, 1.165) is 4.68 Å². The first-order valence-corrected chi connectivity index (χ1v) is 7.20. The van der Waals surface area contributed by atoms with Crippen molar-refractivity contribution in [3.05, 3.63) is 75.3 Å². The molecule has 0 spiro atoms. The molecule has 0 saturated heterocycles. The third kappa shape index (κ3) is 3.61. The molecule has 3 rings (SSSR count). The topological polar surface area (TPSA) is 120 Å². The van der Waals surface area contributed by atoms with E-state index >= 15 is 0 Å². The summed E-state index contributed by atoms with van der Waals surface area (Å²) in [6.45, 7) is -0.389. The van der Waals surface area contributed by atoms with Crippen LogP contribution < -0.4 is 10.9 Å². The Balaban J connectivity index is 1.81. The molecule has 0 aliphatic rings. The average Bonchev–Trinajstić information content (AvgIpc) is 3.11. The molecule has 9 heteroatoms. The SMILES string of the molecule is O=C(Cn1nc(-c2ccco2)ccc1=O)Nc1ccccc1[N+](=O)[O-]. The number of nitrogens with zero attached hydrogens (tertiary/aromatic N) is 3. The van der Waals surface area contributed by atoms with E-state index in [1.54, 1.807) is 18.2 Å². The Hall–Kier alpha value is -3.75. The van der Waals surface area contributed by atoms with E-state index in [0.29, 0.717) is 11.5 Å². The molecule has 25 heavy (non-hydrogen) atoms. The zero-order chi connectivity index (χ0) is 17.8. The Morgan fingerprint density at radius 3 is 2.72 bits per heavy atom. The number of carbonyl (C=O) groups excluding carboxylic acids is 1. The summed E-state index contributed by atoms with van der Waals surface area (Å²) in [5.74, 6) is -0.159. The van der Waals surface area contributed by atoms with Crippen LogP contribution in [0.3, 0.4) is 0 Å². The van der Waals surface area contributed by atoms with Gasteiger partial charge in [-0.05, 0) is 24.3 Å². The van der Waals surface area contributed by atoms with Crippen LogP contribution in [0, 0.1) is 10.1 Å². The van der Waals surface area contributed by atoms with E-state index < -0.39 is 16.4 Å². The van der Waals surface area contributed by atoms with Crippen molar-refractivity contribution in [3.63, 3.8) is 0 Å². The average molecular weight is 340 g/mol. The molecule has 0 atom stereocenters. The van der Waals surface area contributed by atoms with Gasteiger partial charge in [-0.2, -0.15) is 5.10 Å². The number of anilines is 1. The lowest BCUT2D eigenvalue weighted by molar-refractivity contribution is -0.383. The number of hydrogen-bond donors (Lipinski definition) is 1. The van der Waals surface area contributed by atoms with Crippen LogP contribution in [-0.4, -0.2) is 20.6 Å². The first kappa shape index (κ1) is 16.1. The van der Waals surface area contributed by atoms with Gasteiger partial charge in [-0.15, -0.1) is 0 Å². The summed E-state index contributed by atoms with van der Waals surface area (Å²) in [4.78, 5) is 34.4. The second-order valence-corrected chi connectivity index (χ2v) is 5.01. The molecule has 0 fully saturated rings. The third-order valence-corrected chi connectivity index (χ3v) is 3.31. The van der Waals surface area contributed by atoms with Crippen molar-refractivity contribution >= 4 is 17.3 Å². The van der Waals surface area contributed by atoms with Crippen LogP contribution >= 0.6 is 0 Å². The van der Waals surface area contributed by atoms with E-state index in [-0.39, 0.29) is 17.9 Å². The van der Waals surface area contributed by atoms with E-state index in [2.05, 4.69) is 10.4 Å². The molecule has 2 aromatic heterocycles. The molecular formula is C16H12N4O5. The summed E-state index contributed by atoms with van der Waals surface area (Å²) in [7, 11) is 0. The van der Waals surface area contributed by atoms with E-state index in [1.807, 2.05) is 0 Å². The number of rotatable bonds is 5. The van der Waals surface area contributed by atoms with Crippen molar-refractivity contribution < 1.29 is 14.1 Å². The van der Waals surface area contributed by atoms with E-state index in [4.69, 9.17) is 4.42 Å². The highest BCUT2D eigenvalue weighted by Gasteiger charge is 2.16. The van der Waals surface area contributed by atoms with Crippen LogP contribution in [0.25, 0.3) is 11.5 Å². The summed E-state index contributed by atoms with van der Waals surface area (Å²) in [5, 5.41) is 17.5. The van der Waals surface area contributed by atoms with Gasteiger partial charge in [0.25, 0.3) is 11.2 Å². The fourth-order valence-corrected chi connectivity index (χ4v) is 2.18. The number of benzene rings is 1. The monoisotopic (exact) mass is 340 g/mol. The van der Waals surface area contributed by atoms with Crippen LogP contribution in [0.1, 0.15) is 0 Å². The van der Waals surface area contributed by atoms with Crippen LogP contribution in [0.4, 0.5) is 11.4 Å². The first-order chi connectivity index (χ1) is 12.0. The number of amides is 1. The third-order valence-electron chi connectivity index (χ3n) is 3.31. The van der Waals surface area contributed by atoms with Crippen molar-refractivity contribution in [3.8, 4) is 11.5 Å². The van der Waals surface area contributed by atoms with Crippen molar-refractivity contribution in [1.29, 1.82) is 0 Å². The highest BCUT2D eigenvalue weighted by molar-refractivity contribution is 5.92. The summed E-state index contributed by atoms with van der Waals surface area (Å²) >= 11 is 0. The summed E-state index contributed by atoms with van der Waals surface area (Å²) in [6, 6.07) is 11.8. The van der Waals surface area contributed by atoms with Crippen LogP contribution in [0.2, 0.25) is 0 Å². The fourth-order valence-electron chi connectivity index (χ4n) is 2.18. The highest BCUT2D eigenvalue weighted by atomic mass is 16.6. The summed E-state index contributed by atoms with van der Waals surface area (Å²) in [6.07, 6.45) is 1.47. The molecular weight excluding hydrogens is 328 g/mol. The lowest BCUT2D eigenvalue weighted by Crippen LogP contribution is -2.29. The number of carbonyl (C=O) groups is 1. The van der Waals surface area contributed by atoms with E-state index in [9.17, 15) is 19.7 Å². The Morgan fingerprint density at radius 1 is 1.20 bits per heavy atom. The van der Waals surface area contributed by atoms with Crippen LogP contribution in [0.5, 0.6) is 0 Å². The molecule has 3 aromatic rings. The number of aromatic nitrogens is 2. The predicted molar refractivity (Wildman–Crippen MR) is 87.9 cm³/mol. The van der Waals surface area contributed by atoms with Gasteiger partial charge in [-0.3, -0.25) is 19.7 Å². The summed E-state index contributed by atoms with van der Waals surface area (Å²) < 4.78 is 6.16. The van der Waals surface area contributed by atoms with Crippen molar-refractivity contribution in [2.24, 2.45) is 0 Å². The highest BCUT2D eigenvalue weighted by Crippen LogP contribution is 2.23. The molecule has 1 N–H and O–H groups in total. The van der Waals surface area contributed by atoms with E-state index in [1.165, 1.54) is 36.6 Å². The molecule has 0 aliphatic heterocycles. The van der Waals surface area contributed by atoms with Gasteiger partial charge < -0.3 is 9.73 Å². The second-order valence-electron chi connectivity index (χ2n) is 5.01. The standard InChI is InChI=1S/C16H12N4O5/c21-15(17-11-4-1-2-5-13(11)20(23)24)10-19-16(22)8-7-12(18-19)14-6-3-9-25-14/h1-9H,10H2,(H,17,21). The minimum atomic E-state index is -0.611. The van der Waals surface area contributed by atoms with Crippen molar-refractivity contribution in [2.45, 2.75) is 6.54 Å². The Kier molecular flexibility index (Phi) is 4.38. The quantitative estimate of drug-likeness (QED) is 0.560. The number of para-hydroxylation sites is 2. The second kappa shape index (κ2) is 6.79. The largest absolute Gasteiger partial charge is 0.463 e. The van der Waals surface area contributed by atoms with Gasteiger partial charge in [0.05, 0.1) is 11.2 Å². The van der Waals surface area contributed by atoms with Gasteiger partial charge in [0.15, 0.2) is 5.76 Å². The summed E-state index contributed by atoms with van der Waals surface area (Å²) in [5.41, 5.74) is -0.274. The zero-order valence-corrected chi connectivity index (χ0v) is 12.8. The molecule has 2 heterocycles. The van der Waals surface area contributed by atoms with Crippen LogP contribution in [0.15, 0.2) is 64.0 Å². The molecule has 0 unspecified atom stereocenters. The van der Waals surface area contributed by atoms with Gasteiger partial charge in [-0.25, -0.2) is 4.68 Å². The normalized spacial score (nSPS) is 10.4. The lowest BCUT2D eigenvalue weighted by atomic mass is 10.2. The maximum Gasteiger partial charge on any atom is 0.292 e. The van der Waals surface area contributed by atoms with Gasteiger partial charge in [0, 0.05) is 12.1 Å². The molecule has 1 amide bonds. The smallest absolute Gasteiger partial charge is 0.292 e. The van der Waals surface area contributed by atoms with Gasteiger partial charge in [0.1, 0.15) is 17.9 Å². The van der Waals surface area contributed by atoms with Crippen molar-refractivity contribution in [1.82, 2.24) is 9.78 Å². The van der Waals surface area contributed by atoms with Crippen molar-refractivity contribution in [2.75, 3.05) is 5.32 Å². The number of nitrogens with one attached hydrogen (secondary N) is 1. The molecule has 0 radical (unpaired) electrons. The molecule has 9 nitrogen and oxygen atoms in total. The van der Waals surface area contributed by atoms with Gasteiger partial charge in [-0.1, -0.05) is 12.1 Å². The number of nitro benzene ring substituents is 1. The zero-order valence-electron chi connectivity index (χ0n) is 12.8. The first-order valence-electron chi connectivity index (χ1n) is 7.20. The Labute approximate surface area is 140 Å². The Morgan fingerprint density at radius 2 is 2.00 bits per heavy atom. The minimum absolute atomic E-state index is 0.0488. The number of nitro groups is 1. The molecule has 126 valence electrons. The molecule has 0 saturated carbocycles. The molecule has 1 aromatic carbocycles. The maximum atomic E-state index is 12.1. The molecule has 0 bridgehead atoms. The fraction of sp³-hybridized carbons (Fsp3) is 0.0625.